The Kier molecular flexibility index (Phi) is 3.88. The summed E-state index contributed by atoms with van der Waals surface area (Å²) >= 11 is 3.21. The molecule has 0 aliphatic heterocycles. The van der Waals surface area contributed by atoms with Gasteiger partial charge in [0.15, 0.2) is 0 Å². The maximum absolute atomic E-state index is 13.3. The quantitative estimate of drug-likeness (QED) is 0.795. The van der Waals surface area contributed by atoms with Crippen LogP contribution in [0, 0.1) is 5.82 Å². The molecule has 1 nitrogen and oxygen atoms in total. The van der Waals surface area contributed by atoms with Gasteiger partial charge in [-0.05, 0) is 17.7 Å². The molecule has 0 spiro atoms. The molecule has 0 saturated heterocycles. The van der Waals surface area contributed by atoms with Crippen LogP contribution in [0.25, 0.3) is 0 Å². The van der Waals surface area contributed by atoms with Crippen molar-refractivity contribution >= 4 is 15.9 Å². The Hall–Kier alpha value is -0.410. The van der Waals surface area contributed by atoms with E-state index in [0.29, 0.717) is 12.2 Å². The summed E-state index contributed by atoms with van der Waals surface area (Å²) in [7, 11) is 1.62. The molecule has 3 heteroatoms. The molecule has 1 atom stereocenters. The molecule has 0 heterocycles. The summed E-state index contributed by atoms with van der Waals surface area (Å²) in [5, 5.41) is 0. The lowest BCUT2D eigenvalue weighted by Gasteiger charge is -2.11. The van der Waals surface area contributed by atoms with E-state index in [9.17, 15) is 4.39 Å². The Bertz CT molecular complexity index is 288. The lowest BCUT2D eigenvalue weighted by Crippen LogP contribution is -2.04. The number of hydrogen-bond acceptors (Lipinski definition) is 1. The van der Waals surface area contributed by atoms with Crippen molar-refractivity contribution in [1.29, 1.82) is 0 Å². The molecular weight excluding hydrogens is 235 g/mol. The Morgan fingerprint density at radius 1 is 1.54 bits per heavy atom. The topological polar surface area (TPSA) is 9.23 Å². The van der Waals surface area contributed by atoms with E-state index in [0.717, 1.165) is 4.47 Å². The molecule has 0 saturated carbocycles. The summed E-state index contributed by atoms with van der Waals surface area (Å²) in [5.41, 5.74) is 0.699. The van der Waals surface area contributed by atoms with Gasteiger partial charge in [-0.3, -0.25) is 0 Å². The van der Waals surface area contributed by atoms with E-state index in [-0.39, 0.29) is 11.7 Å². The molecule has 0 aliphatic carbocycles. The number of hydrogen-bond donors (Lipinski definition) is 0. The minimum absolute atomic E-state index is 0.0955. The molecule has 0 aromatic heterocycles. The minimum atomic E-state index is -0.182. The van der Waals surface area contributed by atoms with E-state index in [1.807, 2.05) is 13.0 Å². The third-order valence-electron chi connectivity index (χ3n) is 1.91. The molecule has 0 radical (unpaired) electrons. The maximum Gasteiger partial charge on any atom is 0.127 e. The van der Waals surface area contributed by atoms with Crippen molar-refractivity contribution in [2.24, 2.45) is 0 Å². The first-order valence-electron chi connectivity index (χ1n) is 4.09. The van der Waals surface area contributed by atoms with Gasteiger partial charge in [0, 0.05) is 17.5 Å². The second-order valence-electron chi connectivity index (χ2n) is 3.02. The Labute approximate surface area is 86.0 Å². The van der Waals surface area contributed by atoms with Crippen LogP contribution >= 0.6 is 15.9 Å². The number of benzene rings is 1. The number of methoxy groups -OCH3 is 1. The second kappa shape index (κ2) is 4.72. The van der Waals surface area contributed by atoms with Crippen molar-refractivity contribution in [2.45, 2.75) is 12.8 Å². The molecular formula is C10H12BrFO. The first kappa shape index (κ1) is 10.7. The number of rotatable bonds is 3. The highest BCUT2D eigenvalue weighted by molar-refractivity contribution is 9.10. The SMILES string of the molecule is COC[C@H](C)c1ccc(Br)cc1F. The molecule has 0 fully saturated rings. The largest absolute Gasteiger partial charge is 0.384 e. The van der Waals surface area contributed by atoms with Crippen molar-refractivity contribution in [3.05, 3.63) is 34.1 Å². The normalized spacial score (nSPS) is 12.9. The molecule has 0 unspecified atom stereocenters. The average Bonchev–Trinajstić information content (AvgIpc) is 2.04. The summed E-state index contributed by atoms with van der Waals surface area (Å²) in [5.74, 6) is -0.0861. The molecule has 0 N–H and O–H groups in total. The average molecular weight is 247 g/mol. The standard InChI is InChI=1S/C10H12BrFO/c1-7(6-13-2)9-4-3-8(11)5-10(9)12/h3-5,7H,6H2,1-2H3/t7-/m0/s1. The number of ether oxygens (including phenoxy) is 1. The van der Waals surface area contributed by atoms with Gasteiger partial charge in [-0.1, -0.05) is 28.9 Å². The first-order valence-corrected chi connectivity index (χ1v) is 4.88. The highest BCUT2D eigenvalue weighted by Crippen LogP contribution is 2.22. The Balaban J connectivity index is 2.88. The van der Waals surface area contributed by atoms with Crippen LogP contribution < -0.4 is 0 Å². The van der Waals surface area contributed by atoms with E-state index >= 15 is 0 Å². The van der Waals surface area contributed by atoms with E-state index in [4.69, 9.17) is 4.74 Å². The van der Waals surface area contributed by atoms with Gasteiger partial charge in [0.1, 0.15) is 5.82 Å². The minimum Gasteiger partial charge on any atom is -0.384 e. The lowest BCUT2D eigenvalue weighted by atomic mass is 10.0. The number of halogens is 2. The van der Waals surface area contributed by atoms with Crippen LogP contribution in [-0.2, 0) is 4.74 Å². The van der Waals surface area contributed by atoms with Gasteiger partial charge in [-0.2, -0.15) is 0 Å². The van der Waals surface area contributed by atoms with Gasteiger partial charge in [-0.25, -0.2) is 4.39 Å². The zero-order valence-corrected chi connectivity index (χ0v) is 9.27. The second-order valence-corrected chi connectivity index (χ2v) is 3.94. The van der Waals surface area contributed by atoms with E-state index in [1.165, 1.54) is 6.07 Å². The molecule has 1 rings (SSSR count). The highest BCUT2D eigenvalue weighted by Gasteiger charge is 2.10. The predicted molar refractivity (Wildman–Crippen MR) is 54.4 cm³/mol. The molecule has 72 valence electrons. The zero-order chi connectivity index (χ0) is 9.84. The monoisotopic (exact) mass is 246 g/mol. The van der Waals surface area contributed by atoms with Crippen LogP contribution in [0.3, 0.4) is 0 Å². The summed E-state index contributed by atoms with van der Waals surface area (Å²) in [4.78, 5) is 0. The van der Waals surface area contributed by atoms with Crippen LogP contribution in [-0.4, -0.2) is 13.7 Å². The van der Waals surface area contributed by atoms with Gasteiger partial charge in [0.2, 0.25) is 0 Å². The van der Waals surface area contributed by atoms with Crippen molar-refractivity contribution in [2.75, 3.05) is 13.7 Å². The van der Waals surface area contributed by atoms with Gasteiger partial charge < -0.3 is 4.74 Å². The first-order chi connectivity index (χ1) is 6.15. The third kappa shape index (κ3) is 2.78. The summed E-state index contributed by atoms with van der Waals surface area (Å²) in [6.45, 7) is 2.48. The van der Waals surface area contributed by atoms with E-state index in [1.54, 1.807) is 13.2 Å². The molecule has 0 bridgehead atoms. The highest BCUT2D eigenvalue weighted by atomic mass is 79.9. The van der Waals surface area contributed by atoms with Crippen LogP contribution in [0.15, 0.2) is 22.7 Å². The maximum atomic E-state index is 13.3. The van der Waals surface area contributed by atoms with Gasteiger partial charge >= 0.3 is 0 Å². The molecule has 1 aromatic carbocycles. The molecule has 13 heavy (non-hydrogen) atoms. The van der Waals surface area contributed by atoms with Crippen molar-refractivity contribution in [1.82, 2.24) is 0 Å². The van der Waals surface area contributed by atoms with Crippen LogP contribution in [0.4, 0.5) is 4.39 Å². The van der Waals surface area contributed by atoms with Gasteiger partial charge in [0.25, 0.3) is 0 Å². The van der Waals surface area contributed by atoms with Gasteiger partial charge in [0.05, 0.1) is 6.61 Å². The van der Waals surface area contributed by atoms with Crippen molar-refractivity contribution in [3.63, 3.8) is 0 Å². The van der Waals surface area contributed by atoms with E-state index < -0.39 is 0 Å². The zero-order valence-electron chi connectivity index (χ0n) is 7.68. The summed E-state index contributed by atoms with van der Waals surface area (Å²) < 4.78 is 19.1. The summed E-state index contributed by atoms with van der Waals surface area (Å²) in [6.07, 6.45) is 0. The van der Waals surface area contributed by atoms with Crippen LogP contribution in [0.1, 0.15) is 18.4 Å². The van der Waals surface area contributed by atoms with Crippen LogP contribution in [0.2, 0.25) is 0 Å². The fraction of sp³-hybridized carbons (Fsp3) is 0.400. The lowest BCUT2D eigenvalue weighted by molar-refractivity contribution is 0.183. The summed E-state index contributed by atoms with van der Waals surface area (Å²) in [6, 6.07) is 5.09. The Morgan fingerprint density at radius 3 is 2.77 bits per heavy atom. The van der Waals surface area contributed by atoms with E-state index in [2.05, 4.69) is 15.9 Å². The van der Waals surface area contributed by atoms with Crippen molar-refractivity contribution < 1.29 is 9.13 Å². The molecule has 0 aliphatic rings. The Morgan fingerprint density at radius 2 is 2.23 bits per heavy atom. The predicted octanol–water partition coefficient (Wildman–Crippen LogP) is 3.34. The molecule has 1 aromatic rings. The smallest absolute Gasteiger partial charge is 0.127 e. The molecule has 0 amide bonds. The fourth-order valence-electron chi connectivity index (χ4n) is 1.24. The third-order valence-corrected chi connectivity index (χ3v) is 2.40. The fourth-order valence-corrected chi connectivity index (χ4v) is 1.57. The van der Waals surface area contributed by atoms with Gasteiger partial charge in [-0.15, -0.1) is 0 Å². The van der Waals surface area contributed by atoms with Crippen molar-refractivity contribution in [3.8, 4) is 0 Å². The van der Waals surface area contributed by atoms with Crippen LogP contribution in [0.5, 0.6) is 0 Å².